The van der Waals surface area contributed by atoms with Crippen molar-refractivity contribution in [1.29, 1.82) is 0 Å². The van der Waals surface area contributed by atoms with E-state index >= 15 is 0 Å². The van der Waals surface area contributed by atoms with Crippen molar-refractivity contribution in [2.45, 2.75) is 38.5 Å². The lowest BCUT2D eigenvalue weighted by molar-refractivity contribution is 0.0696. The van der Waals surface area contributed by atoms with Crippen molar-refractivity contribution in [3.8, 4) is 17.2 Å². The van der Waals surface area contributed by atoms with Crippen LogP contribution in [0.4, 0.5) is 0 Å². The molecule has 33 heavy (non-hydrogen) atoms. The van der Waals surface area contributed by atoms with Crippen molar-refractivity contribution in [1.82, 2.24) is 0 Å². The highest BCUT2D eigenvalue weighted by atomic mass is 16.5. The van der Waals surface area contributed by atoms with Crippen LogP contribution in [-0.2, 0) is 25.7 Å². The minimum absolute atomic E-state index is 0.309. The molecular weight excluding hydrogens is 416 g/mol. The fourth-order valence-electron chi connectivity index (χ4n) is 4.09. The molecule has 0 fully saturated rings. The Morgan fingerprint density at radius 2 is 1.27 bits per heavy atom. The zero-order valence-corrected chi connectivity index (χ0v) is 19.5. The first-order valence-electron chi connectivity index (χ1n) is 11.2. The monoisotopic (exact) mass is 447 g/mol. The molecule has 0 aliphatic heterocycles. The summed E-state index contributed by atoms with van der Waals surface area (Å²) in [6.07, 6.45) is 5.07. The lowest BCUT2D eigenvalue weighted by Gasteiger charge is -2.19. The summed E-state index contributed by atoms with van der Waals surface area (Å²) in [4.78, 5) is 11.2. The number of ether oxygens (including phenoxy) is 3. The molecule has 0 spiro atoms. The predicted molar refractivity (Wildman–Crippen MR) is 129 cm³/mol. The van der Waals surface area contributed by atoms with Gasteiger partial charge in [-0.05, 0) is 67.9 Å². The van der Waals surface area contributed by atoms with Gasteiger partial charge in [-0.2, -0.15) is 0 Å². The van der Waals surface area contributed by atoms with Crippen molar-refractivity contribution in [3.05, 3.63) is 88.5 Å². The van der Waals surface area contributed by atoms with Crippen molar-refractivity contribution < 1.29 is 24.1 Å². The number of aromatic carboxylic acids is 1. The first-order chi connectivity index (χ1) is 16.1. The van der Waals surface area contributed by atoms with Crippen LogP contribution in [0.25, 0.3) is 0 Å². The summed E-state index contributed by atoms with van der Waals surface area (Å²) in [6, 6.07) is 21.0. The molecule has 0 bridgehead atoms. The topological polar surface area (TPSA) is 65.0 Å². The van der Waals surface area contributed by atoms with Gasteiger partial charge in [-0.3, -0.25) is 0 Å². The number of carbonyl (C=O) groups is 1. The lowest BCUT2D eigenvalue weighted by Crippen LogP contribution is -2.04. The molecular formula is C28H31O5. The normalized spacial score (nSPS) is 10.6. The Hall–Kier alpha value is -3.47. The van der Waals surface area contributed by atoms with E-state index in [1.807, 2.05) is 12.1 Å². The minimum Gasteiger partial charge on any atom is -0.492 e. The summed E-state index contributed by atoms with van der Waals surface area (Å²) in [5.41, 5.74) is 4.54. The molecule has 0 atom stereocenters. The van der Waals surface area contributed by atoms with Gasteiger partial charge in [-0.1, -0.05) is 42.5 Å². The van der Waals surface area contributed by atoms with E-state index in [1.165, 1.54) is 5.56 Å². The summed E-state index contributed by atoms with van der Waals surface area (Å²) in [6.45, 7) is 0. The van der Waals surface area contributed by atoms with Gasteiger partial charge in [-0.25, -0.2) is 4.79 Å². The van der Waals surface area contributed by atoms with Crippen LogP contribution in [0.1, 0.15) is 45.5 Å². The molecule has 0 aromatic heterocycles. The molecule has 5 heteroatoms. The van der Waals surface area contributed by atoms with E-state index in [0.717, 1.165) is 55.2 Å². The Morgan fingerprint density at radius 1 is 0.727 bits per heavy atom. The van der Waals surface area contributed by atoms with Crippen molar-refractivity contribution in [2.24, 2.45) is 0 Å². The first-order valence-corrected chi connectivity index (χ1v) is 11.2. The molecule has 3 aromatic rings. The zero-order valence-electron chi connectivity index (χ0n) is 19.5. The smallest absolute Gasteiger partial charge is 0.335 e. The Bertz CT molecular complexity index is 1060. The van der Waals surface area contributed by atoms with Gasteiger partial charge in [0.15, 0.2) is 11.5 Å². The van der Waals surface area contributed by atoms with E-state index in [-0.39, 0.29) is 0 Å². The molecule has 1 N–H and O–H groups in total. The first kappa shape index (κ1) is 24.2. The van der Waals surface area contributed by atoms with Crippen LogP contribution < -0.4 is 14.2 Å². The third kappa shape index (κ3) is 6.28. The predicted octanol–water partition coefficient (Wildman–Crippen LogP) is 5.56. The second-order valence-electron chi connectivity index (χ2n) is 7.88. The van der Waals surface area contributed by atoms with E-state index in [0.29, 0.717) is 22.8 Å². The average Bonchev–Trinajstić information content (AvgIpc) is 2.84. The number of aryl methyl sites for hydroxylation is 4. The second kappa shape index (κ2) is 12.0. The van der Waals surface area contributed by atoms with Crippen molar-refractivity contribution in [3.63, 3.8) is 0 Å². The van der Waals surface area contributed by atoms with Crippen LogP contribution in [0.2, 0.25) is 0 Å². The van der Waals surface area contributed by atoms with Gasteiger partial charge >= 0.3 is 5.97 Å². The van der Waals surface area contributed by atoms with Gasteiger partial charge in [-0.15, -0.1) is 0 Å². The molecule has 173 valence electrons. The highest BCUT2D eigenvalue weighted by molar-refractivity contribution is 5.87. The number of carboxylic acid groups (broad SMARTS) is 1. The van der Waals surface area contributed by atoms with Crippen molar-refractivity contribution in [2.75, 3.05) is 21.3 Å². The standard InChI is InChI=1S/C28H31O5/c1-31-25-22(15-7-12-20-10-5-4-6-11-20)19-23(26(32-2)27(25)33-3)16-8-13-21-14-9-17-24(18-21)28(29)30/h4-6,9-11,14,17-18H,7-8,12-13,15-16H2,1-3H3,(H,29,30). The Labute approximate surface area is 195 Å². The fourth-order valence-corrected chi connectivity index (χ4v) is 4.09. The lowest BCUT2D eigenvalue weighted by atomic mass is 9.96. The Morgan fingerprint density at radius 3 is 1.82 bits per heavy atom. The van der Waals surface area contributed by atoms with Crippen LogP contribution in [0.15, 0.2) is 54.6 Å². The molecule has 0 heterocycles. The van der Waals surface area contributed by atoms with Crippen LogP contribution in [0.3, 0.4) is 0 Å². The number of methoxy groups -OCH3 is 3. The Balaban J connectivity index is 1.77. The maximum absolute atomic E-state index is 11.2. The molecule has 0 unspecified atom stereocenters. The summed E-state index contributed by atoms with van der Waals surface area (Å²) in [5.74, 6) is 0.990. The van der Waals surface area contributed by atoms with Gasteiger partial charge < -0.3 is 19.3 Å². The van der Waals surface area contributed by atoms with E-state index in [4.69, 9.17) is 14.2 Å². The number of hydrogen-bond donors (Lipinski definition) is 1. The van der Waals surface area contributed by atoms with Crippen LogP contribution >= 0.6 is 0 Å². The Kier molecular flexibility index (Phi) is 8.76. The number of carboxylic acids is 1. The molecule has 1 radical (unpaired) electrons. The van der Waals surface area contributed by atoms with E-state index in [1.54, 1.807) is 39.5 Å². The third-order valence-electron chi connectivity index (χ3n) is 5.68. The molecule has 5 nitrogen and oxygen atoms in total. The average molecular weight is 448 g/mol. The molecule has 0 aliphatic carbocycles. The molecule has 0 saturated heterocycles. The molecule has 0 saturated carbocycles. The number of hydrogen-bond acceptors (Lipinski definition) is 4. The SMILES string of the molecule is COc1c(CCCc2ccccc2)[c]c(CCCc2cccc(C(=O)O)c2)c(OC)c1OC. The third-order valence-corrected chi connectivity index (χ3v) is 5.68. The van der Waals surface area contributed by atoms with Gasteiger partial charge in [0.1, 0.15) is 0 Å². The quantitative estimate of drug-likeness (QED) is 0.394. The number of rotatable bonds is 12. The molecule has 0 aliphatic rings. The summed E-state index contributed by atoms with van der Waals surface area (Å²) in [5, 5.41) is 9.21. The summed E-state index contributed by atoms with van der Waals surface area (Å²) < 4.78 is 17.0. The highest BCUT2D eigenvalue weighted by Crippen LogP contribution is 2.43. The van der Waals surface area contributed by atoms with Gasteiger partial charge in [0.05, 0.1) is 26.9 Å². The molecule has 0 amide bonds. The molecule has 3 aromatic carbocycles. The number of benzene rings is 3. The summed E-state index contributed by atoms with van der Waals surface area (Å²) in [7, 11) is 4.89. The largest absolute Gasteiger partial charge is 0.492 e. The van der Waals surface area contributed by atoms with Crippen LogP contribution in [0.5, 0.6) is 17.2 Å². The fraction of sp³-hybridized carbons (Fsp3) is 0.321. The maximum atomic E-state index is 11.2. The zero-order chi connectivity index (χ0) is 23.6. The van der Waals surface area contributed by atoms with Gasteiger partial charge in [0.25, 0.3) is 0 Å². The maximum Gasteiger partial charge on any atom is 0.335 e. The molecule has 3 rings (SSSR count). The van der Waals surface area contributed by atoms with E-state index < -0.39 is 5.97 Å². The van der Waals surface area contributed by atoms with Gasteiger partial charge in [0, 0.05) is 11.1 Å². The van der Waals surface area contributed by atoms with Crippen molar-refractivity contribution >= 4 is 5.97 Å². The van der Waals surface area contributed by atoms with E-state index in [9.17, 15) is 9.90 Å². The van der Waals surface area contributed by atoms with E-state index in [2.05, 4.69) is 30.3 Å². The minimum atomic E-state index is -0.910. The van der Waals surface area contributed by atoms with Crippen LogP contribution in [-0.4, -0.2) is 32.4 Å². The second-order valence-corrected chi connectivity index (χ2v) is 7.88. The highest BCUT2D eigenvalue weighted by Gasteiger charge is 2.21. The summed E-state index contributed by atoms with van der Waals surface area (Å²) >= 11 is 0. The van der Waals surface area contributed by atoms with Gasteiger partial charge in [0.2, 0.25) is 5.75 Å². The van der Waals surface area contributed by atoms with Crippen LogP contribution in [0, 0.1) is 6.07 Å².